The molecule has 0 heterocycles. The summed E-state index contributed by atoms with van der Waals surface area (Å²) in [5.41, 5.74) is 0.981. The van der Waals surface area contributed by atoms with Crippen LogP contribution in [0.4, 0.5) is 0 Å². The third kappa shape index (κ3) is 3.81. The van der Waals surface area contributed by atoms with Crippen molar-refractivity contribution in [1.29, 1.82) is 0 Å². The van der Waals surface area contributed by atoms with Gasteiger partial charge in [-0.1, -0.05) is 12.1 Å². The summed E-state index contributed by atoms with van der Waals surface area (Å²) in [4.78, 5) is 1.18. The molecule has 1 aromatic carbocycles. The molecule has 1 N–H and O–H groups in total. The Morgan fingerprint density at radius 1 is 1.31 bits per heavy atom. The third-order valence-corrected chi connectivity index (χ3v) is 4.57. The Bertz CT molecular complexity index is 426. The van der Waals surface area contributed by atoms with E-state index in [2.05, 4.69) is 4.72 Å². The van der Waals surface area contributed by atoms with Crippen molar-refractivity contribution in [3.63, 3.8) is 0 Å². The zero-order chi connectivity index (χ0) is 12.2. The number of hydrogen-bond acceptors (Lipinski definition) is 3. The van der Waals surface area contributed by atoms with Crippen LogP contribution < -0.4 is 4.72 Å². The average molecular weight is 259 g/mol. The van der Waals surface area contributed by atoms with E-state index in [1.807, 2.05) is 37.4 Å². The molecule has 0 aromatic heterocycles. The molecule has 90 valence electrons. The molecule has 0 amide bonds. The topological polar surface area (TPSA) is 46.2 Å². The zero-order valence-corrected chi connectivity index (χ0v) is 11.4. The largest absolute Gasteiger partial charge is 0.212 e. The van der Waals surface area contributed by atoms with Crippen molar-refractivity contribution in [2.45, 2.75) is 24.8 Å². The minimum atomic E-state index is -3.14. The van der Waals surface area contributed by atoms with Gasteiger partial charge < -0.3 is 0 Å². The van der Waals surface area contributed by atoms with Crippen LogP contribution in [0, 0.1) is 0 Å². The Labute approximate surface area is 102 Å². The summed E-state index contributed by atoms with van der Waals surface area (Å²) in [6.45, 7) is 3.48. The summed E-state index contributed by atoms with van der Waals surface area (Å²) in [7, 11) is -3.14. The second kappa shape index (κ2) is 5.70. The zero-order valence-electron chi connectivity index (χ0n) is 9.73. The number of rotatable bonds is 5. The molecule has 0 aliphatic carbocycles. The van der Waals surface area contributed by atoms with Crippen molar-refractivity contribution in [1.82, 2.24) is 4.72 Å². The van der Waals surface area contributed by atoms with Crippen molar-refractivity contribution >= 4 is 21.8 Å². The molecule has 1 rings (SSSR count). The fourth-order valence-corrected chi connectivity index (χ4v) is 2.56. The van der Waals surface area contributed by atoms with E-state index in [0.29, 0.717) is 0 Å². The lowest BCUT2D eigenvalue weighted by molar-refractivity contribution is 0.568. The van der Waals surface area contributed by atoms with Gasteiger partial charge in [0.05, 0.1) is 5.75 Å². The van der Waals surface area contributed by atoms with Crippen molar-refractivity contribution in [2.75, 3.05) is 12.0 Å². The maximum absolute atomic E-state index is 11.4. The molecule has 5 heteroatoms. The molecule has 1 atom stereocenters. The van der Waals surface area contributed by atoms with E-state index in [1.165, 1.54) is 4.90 Å². The summed E-state index contributed by atoms with van der Waals surface area (Å²) >= 11 is 1.67. The Morgan fingerprint density at radius 2 is 1.88 bits per heavy atom. The van der Waals surface area contributed by atoms with E-state index in [4.69, 9.17) is 0 Å². The summed E-state index contributed by atoms with van der Waals surface area (Å²) in [5.74, 6) is 0.111. The van der Waals surface area contributed by atoms with E-state index >= 15 is 0 Å². The lowest BCUT2D eigenvalue weighted by Gasteiger charge is -2.13. The third-order valence-electron chi connectivity index (χ3n) is 2.35. The summed E-state index contributed by atoms with van der Waals surface area (Å²) in [6.07, 6.45) is 2.01. The minimum Gasteiger partial charge on any atom is -0.212 e. The fraction of sp³-hybridized carbons (Fsp3) is 0.455. The normalized spacial score (nSPS) is 13.7. The second-order valence-electron chi connectivity index (χ2n) is 3.52. The van der Waals surface area contributed by atoms with E-state index in [9.17, 15) is 8.42 Å². The van der Waals surface area contributed by atoms with Crippen molar-refractivity contribution in [3.8, 4) is 0 Å². The van der Waals surface area contributed by atoms with Crippen molar-refractivity contribution in [3.05, 3.63) is 29.8 Å². The van der Waals surface area contributed by atoms with Crippen LogP contribution in [0.5, 0.6) is 0 Å². The maximum Gasteiger partial charge on any atom is 0.211 e. The smallest absolute Gasteiger partial charge is 0.211 e. The van der Waals surface area contributed by atoms with Gasteiger partial charge in [0.2, 0.25) is 10.0 Å². The van der Waals surface area contributed by atoms with Crippen LogP contribution in [0.1, 0.15) is 25.5 Å². The minimum absolute atomic E-state index is 0.111. The Morgan fingerprint density at radius 3 is 2.31 bits per heavy atom. The Balaban J connectivity index is 2.77. The highest BCUT2D eigenvalue weighted by Gasteiger charge is 2.13. The van der Waals surface area contributed by atoms with E-state index in [-0.39, 0.29) is 11.8 Å². The molecule has 0 saturated carbocycles. The quantitative estimate of drug-likeness (QED) is 0.826. The number of sulfonamides is 1. The maximum atomic E-state index is 11.4. The van der Waals surface area contributed by atoms with Crippen LogP contribution >= 0.6 is 11.8 Å². The SMILES string of the molecule is CCS(=O)(=O)NC(C)c1ccc(SC)cc1. The van der Waals surface area contributed by atoms with Crippen molar-refractivity contribution < 1.29 is 8.42 Å². The van der Waals surface area contributed by atoms with Gasteiger partial charge in [-0.25, -0.2) is 13.1 Å². The highest BCUT2D eigenvalue weighted by atomic mass is 32.2. The van der Waals surface area contributed by atoms with Crippen LogP contribution in [-0.4, -0.2) is 20.4 Å². The highest BCUT2D eigenvalue weighted by Crippen LogP contribution is 2.19. The number of nitrogens with one attached hydrogen (secondary N) is 1. The number of thioether (sulfide) groups is 1. The first kappa shape index (κ1) is 13.5. The highest BCUT2D eigenvalue weighted by molar-refractivity contribution is 7.98. The average Bonchev–Trinajstić information content (AvgIpc) is 2.28. The molecule has 0 spiro atoms. The molecule has 3 nitrogen and oxygen atoms in total. The predicted octanol–water partition coefficient (Wildman–Crippen LogP) is 2.41. The van der Waals surface area contributed by atoms with Gasteiger partial charge in [0.1, 0.15) is 0 Å². The monoisotopic (exact) mass is 259 g/mol. The van der Waals surface area contributed by atoms with Gasteiger partial charge in [0.15, 0.2) is 0 Å². The van der Waals surface area contributed by atoms with Crippen LogP contribution in [0.25, 0.3) is 0 Å². The molecule has 0 saturated heterocycles. The molecule has 0 aliphatic rings. The molecular formula is C11H17NO2S2. The van der Waals surface area contributed by atoms with Gasteiger partial charge in [-0.15, -0.1) is 11.8 Å². The van der Waals surface area contributed by atoms with Gasteiger partial charge >= 0.3 is 0 Å². The predicted molar refractivity (Wildman–Crippen MR) is 69.2 cm³/mol. The first-order valence-electron chi connectivity index (χ1n) is 5.12. The molecule has 16 heavy (non-hydrogen) atoms. The first-order chi connectivity index (χ1) is 7.48. The van der Waals surface area contributed by atoms with Crippen LogP contribution in [0.3, 0.4) is 0 Å². The molecular weight excluding hydrogens is 242 g/mol. The van der Waals surface area contributed by atoms with Crippen LogP contribution in [0.15, 0.2) is 29.2 Å². The van der Waals surface area contributed by atoms with Crippen molar-refractivity contribution in [2.24, 2.45) is 0 Å². The Hall–Kier alpha value is -0.520. The summed E-state index contributed by atoms with van der Waals surface area (Å²) in [5, 5.41) is 0. The summed E-state index contributed by atoms with van der Waals surface area (Å²) < 4.78 is 25.4. The van der Waals surface area contributed by atoms with Gasteiger partial charge in [-0.3, -0.25) is 0 Å². The van der Waals surface area contributed by atoms with E-state index in [1.54, 1.807) is 18.7 Å². The van der Waals surface area contributed by atoms with Crippen LogP contribution in [-0.2, 0) is 10.0 Å². The van der Waals surface area contributed by atoms with Gasteiger partial charge in [0.25, 0.3) is 0 Å². The Kier molecular flexibility index (Phi) is 4.83. The van der Waals surface area contributed by atoms with Gasteiger partial charge in [-0.05, 0) is 37.8 Å². The van der Waals surface area contributed by atoms with Crippen LogP contribution in [0.2, 0.25) is 0 Å². The standard InChI is InChI=1S/C11H17NO2S2/c1-4-16(13,14)12-9(2)10-5-7-11(15-3)8-6-10/h5-9,12H,4H2,1-3H3. The molecule has 0 fully saturated rings. The molecule has 1 aromatic rings. The molecule has 0 bridgehead atoms. The molecule has 0 radical (unpaired) electrons. The first-order valence-corrected chi connectivity index (χ1v) is 8.00. The van der Waals surface area contributed by atoms with Gasteiger partial charge in [0, 0.05) is 10.9 Å². The lowest BCUT2D eigenvalue weighted by Crippen LogP contribution is -2.28. The van der Waals surface area contributed by atoms with E-state index in [0.717, 1.165) is 5.56 Å². The molecule has 0 aliphatic heterocycles. The fourth-order valence-electron chi connectivity index (χ4n) is 1.31. The molecule has 1 unspecified atom stereocenters. The second-order valence-corrected chi connectivity index (χ2v) is 6.44. The van der Waals surface area contributed by atoms with E-state index < -0.39 is 10.0 Å². The number of benzene rings is 1. The lowest BCUT2D eigenvalue weighted by atomic mass is 10.1. The summed E-state index contributed by atoms with van der Waals surface area (Å²) in [6, 6.07) is 7.72. The van der Waals surface area contributed by atoms with Gasteiger partial charge in [-0.2, -0.15) is 0 Å². The number of hydrogen-bond donors (Lipinski definition) is 1.